The fourth-order valence-corrected chi connectivity index (χ4v) is 3.40. The van der Waals surface area contributed by atoms with Crippen LogP contribution in [0.25, 0.3) is 22.0 Å². The largest absolute Gasteiger partial charge is 0.454 e. The van der Waals surface area contributed by atoms with E-state index in [-0.39, 0.29) is 6.79 Å². The summed E-state index contributed by atoms with van der Waals surface area (Å²) in [5.74, 6) is 2.55. The zero-order valence-electron chi connectivity index (χ0n) is 13.8. The number of rotatable bonds is 2. The Balaban J connectivity index is 1.72. The van der Waals surface area contributed by atoms with Crippen molar-refractivity contribution >= 4 is 16.7 Å². The summed E-state index contributed by atoms with van der Waals surface area (Å²) >= 11 is 0. The van der Waals surface area contributed by atoms with Crippen LogP contribution >= 0.6 is 0 Å². The highest BCUT2D eigenvalue weighted by Crippen LogP contribution is 2.39. The minimum atomic E-state index is 0.271. The summed E-state index contributed by atoms with van der Waals surface area (Å²) in [6.07, 6.45) is 0. The molecule has 1 fully saturated rings. The molecule has 0 aliphatic carbocycles. The van der Waals surface area contributed by atoms with E-state index >= 15 is 0 Å². The van der Waals surface area contributed by atoms with Crippen molar-refractivity contribution in [2.45, 2.75) is 0 Å². The quantitative estimate of drug-likeness (QED) is 0.718. The van der Waals surface area contributed by atoms with Gasteiger partial charge >= 0.3 is 0 Å². The number of aromatic nitrogens is 1. The van der Waals surface area contributed by atoms with Crippen LogP contribution < -0.4 is 14.4 Å². The van der Waals surface area contributed by atoms with Gasteiger partial charge in [-0.2, -0.15) is 0 Å². The van der Waals surface area contributed by atoms with Crippen molar-refractivity contribution in [1.82, 2.24) is 4.98 Å². The lowest BCUT2D eigenvalue weighted by atomic mass is 10.0. The Bertz CT molecular complexity index is 921. The zero-order chi connectivity index (χ0) is 16.6. The molecule has 0 atom stereocenters. The highest BCUT2D eigenvalue weighted by Gasteiger charge is 2.21. The maximum absolute atomic E-state index is 5.52. The second kappa shape index (κ2) is 5.93. The van der Waals surface area contributed by atoms with Crippen LogP contribution in [-0.2, 0) is 4.74 Å². The molecule has 0 radical (unpaired) electrons. The molecule has 0 amide bonds. The summed E-state index contributed by atoms with van der Waals surface area (Å²) in [6.45, 7) is 3.43. The van der Waals surface area contributed by atoms with E-state index in [2.05, 4.69) is 35.2 Å². The van der Waals surface area contributed by atoms with Gasteiger partial charge in [-0.05, 0) is 17.7 Å². The number of morpholine rings is 1. The molecular formula is C20H18N2O3. The molecule has 126 valence electrons. The van der Waals surface area contributed by atoms with Crippen LogP contribution in [0, 0.1) is 0 Å². The van der Waals surface area contributed by atoms with Crippen LogP contribution in [0.2, 0.25) is 0 Å². The molecule has 0 bridgehead atoms. The molecule has 2 aromatic carbocycles. The van der Waals surface area contributed by atoms with Crippen molar-refractivity contribution in [1.29, 1.82) is 0 Å². The first-order valence-corrected chi connectivity index (χ1v) is 8.51. The second-order valence-corrected chi connectivity index (χ2v) is 6.22. The van der Waals surface area contributed by atoms with E-state index in [0.29, 0.717) is 0 Å². The average Bonchev–Trinajstić information content (AvgIpc) is 3.14. The van der Waals surface area contributed by atoms with Gasteiger partial charge in [0.25, 0.3) is 0 Å². The van der Waals surface area contributed by atoms with Gasteiger partial charge in [-0.1, -0.05) is 30.3 Å². The summed E-state index contributed by atoms with van der Waals surface area (Å²) in [5.41, 5.74) is 3.22. The lowest BCUT2D eigenvalue weighted by Crippen LogP contribution is -2.37. The van der Waals surface area contributed by atoms with E-state index in [4.69, 9.17) is 19.2 Å². The number of ether oxygens (including phenoxy) is 3. The zero-order valence-corrected chi connectivity index (χ0v) is 13.8. The molecule has 0 saturated carbocycles. The Kier molecular flexibility index (Phi) is 3.45. The van der Waals surface area contributed by atoms with E-state index in [1.54, 1.807) is 0 Å². The molecule has 25 heavy (non-hydrogen) atoms. The van der Waals surface area contributed by atoms with Crippen molar-refractivity contribution in [2.24, 2.45) is 0 Å². The monoisotopic (exact) mass is 334 g/mol. The summed E-state index contributed by atoms with van der Waals surface area (Å²) in [5, 5.41) is 1.06. The van der Waals surface area contributed by atoms with Crippen molar-refractivity contribution in [2.75, 3.05) is 38.0 Å². The first-order chi connectivity index (χ1) is 12.4. The minimum absolute atomic E-state index is 0.271. The van der Waals surface area contributed by atoms with Gasteiger partial charge in [-0.15, -0.1) is 0 Å². The lowest BCUT2D eigenvalue weighted by Gasteiger charge is -2.30. The van der Waals surface area contributed by atoms with E-state index in [1.807, 2.05) is 18.2 Å². The third-order valence-corrected chi connectivity index (χ3v) is 4.68. The molecular weight excluding hydrogens is 316 g/mol. The molecule has 0 N–H and O–H groups in total. The van der Waals surface area contributed by atoms with Gasteiger partial charge in [0.15, 0.2) is 11.5 Å². The number of hydrogen-bond acceptors (Lipinski definition) is 5. The van der Waals surface area contributed by atoms with Crippen LogP contribution in [0.1, 0.15) is 0 Å². The summed E-state index contributed by atoms with van der Waals surface area (Å²) < 4.78 is 16.5. The van der Waals surface area contributed by atoms with Crippen LogP contribution in [0.4, 0.5) is 5.82 Å². The van der Waals surface area contributed by atoms with Gasteiger partial charge in [0.2, 0.25) is 6.79 Å². The number of anilines is 1. The predicted octanol–water partition coefficient (Wildman–Crippen LogP) is 3.47. The third kappa shape index (κ3) is 2.57. The van der Waals surface area contributed by atoms with Crippen LogP contribution in [0.5, 0.6) is 11.5 Å². The van der Waals surface area contributed by atoms with Crippen molar-refractivity contribution in [3.05, 3.63) is 48.5 Å². The topological polar surface area (TPSA) is 43.8 Å². The molecule has 5 heteroatoms. The Morgan fingerprint density at radius 1 is 0.880 bits per heavy atom. The summed E-state index contributed by atoms with van der Waals surface area (Å²) in [4.78, 5) is 7.29. The predicted molar refractivity (Wildman–Crippen MR) is 96.3 cm³/mol. The van der Waals surface area contributed by atoms with Gasteiger partial charge in [-0.25, -0.2) is 4.98 Å². The number of fused-ring (bicyclic) bond motifs is 2. The smallest absolute Gasteiger partial charge is 0.231 e. The molecule has 5 rings (SSSR count). The Hall–Kier alpha value is -2.79. The molecule has 3 heterocycles. The molecule has 1 aromatic heterocycles. The van der Waals surface area contributed by atoms with Gasteiger partial charge in [0.05, 0.1) is 18.7 Å². The standard InChI is InChI=1S/C20H18N2O3/c1-2-4-14(5-3-1)16-10-15-11-18-19(25-13-24-18)12-17(15)21-20(16)22-6-8-23-9-7-22/h1-5,10-12H,6-9,13H2. The Morgan fingerprint density at radius 3 is 2.44 bits per heavy atom. The fraction of sp³-hybridized carbons (Fsp3) is 0.250. The van der Waals surface area contributed by atoms with Crippen LogP contribution in [-0.4, -0.2) is 38.1 Å². The molecule has 0 spiro atoms. The molecule has 2 aliphatic rings. The SMILES string of the molecule is c1ccc(-c2cc3cc4c(cc3nc2N2CCOCC2)OCO4)cc1. The first kappa shape index (κ1) is 14.5. The Labute approximate surface area is 145 Å². The highest BCUT2D eigenvalue weighted by atomic mass is 16.7. The highest BCUT2D eigenvalue weighted by molar-refractivity contribution is 5.91. The van der Waals surface area contributed by atoms with E-state index in [0.717, 1.165) is 65.6 Å². The Morgan fingerprint density at radius 2 is 1.64 bits per heavy atom. The third-order valence-electron chi connectivity index (χ3n) is 4.68. The van der Waals surface area contributed by atoms with Gasteiger partial charge in [0, 0.05) is 30.1 Å². The maximum Gasteiger partial charge on any atom is 0.231 e. The molecule has 1 saturated heterocycles. The van der Waals surface area contributed by atoms with Gasteiger partial charge < -0.3 is 19.1 Å². The van der Waals surface area contributed by atoms with E-state index in [1.165, 1.54) is 0 Å². The molecule has 3 aromatic rings. The van der Waals surface area contributed by atoms with Gasteiger partial charge in [0.1, 0.15) is 5.82 Å². The van der Waals surface area contributed by atoms with Crippen LogP contribution in [0.3, 0.4) is 0 Å². The maximum atomic E-state index is 5.52. The average molecular weight is 334 g/mol. The molecule has 0 unspecified atom stereocenters. The van der Waals surface area contributed by atoms with E-state index in [9.17, 15) is 0 Å². The van der Waals surface area contributed by atoms with Crippen molar-refractivity contribution in [3.8, 4) is 22.6 Å². The normalized spacial score (nSPS) is 16.4. The van der Waals surface area contributed by atoms with Crippen molar-refractivity contribution in [3.63, 3.8) is 0 Å². The van der Waals surface area contributed by atoms with E-state index < -0.39 is 0 Å². The lowest BCUT2D eigenvalue weighted by molar-refractivity contribution is 0.122. The van der Waals surface area contributed by atoms with Gasteiger partial charge in [-0.3, -0.25) is 0 Å². The number of benzene rings is 2. The summed E-state index contributed by atoms with van der Waals surface area (Å²) in [7, 11) is 0. The van der Waals surface area contributed by atoms with Crippen molar-refractivity contribution < 1.29 is 14.2 Å². The fourth-order valence-electron chi connectivity index (χ4n) is 3.40. The number of nitrogens with zero attached hydrogens (tertiary/aromatic N) is 2. The minimum Gasteiger partial charge on any atom is -0.454 e. The molecule has 5 nitrogen and oxygen atoms in total. The summed E-state index contributed by atoms with van der Waals surface area (Å²) in [6, 6.07) is 16.6. The first-order valence-electron chi connectivity index (χ1n) is 8.51. The molecule has 2 aliphatic heterocycles. The number of pyridine rings is 1. The van der Waals surface area contributed by atoms with Crippen LogP contribution in [0.15, 0.2) is 48.5 Å². The number of hydrogen-bond donors (Lipinski definition) is 0. The second-order valence-electron chi connectivity index (χ2n) is 6.22.